The predicted octanol–water partition coefficient (Wildman–Crippen LogP) is 0.756. The van der Waals surface area contributed by atoms with Crippen molar-refractivity contribution >= 4 is 22.9 Å². The Bertz CT molecular complexity index is 1030. The molecule has 0 bridgehead atoms. The Balaban J connectivity index is 1.90. The molecule has 1 aromatic carbocycles. The summed E-state index contributed by atoms with van der Waals surface area (Å²) >= 11 is 0. The van der Waals surface area contributed by atoms with Crippen LogP contribution in [0.25, 0.3) is 11.0 Å². The van der Waals surface area contributed by atoms with Crippen molar-refractivity contribution in [3.63, 3.8) is 0 Å². The third-order valence-electron chi connectivity index (χ3n) is 5.34. The van der Waals surface area contributed by atoms with Gasteiger partial charge in [0.2, 0.25) is 0 Å². The smallest absolute Gasteiger partial charge is 0.340 e. The van der Waals surface area contributed by atoms with Crippen LogP contribution in [0, 0.1) is 6.92 Å². The van der Waals surface area contributed by atoms with E-state index in [1.54, 1.807) is 12.1 Å². The number of rotatable bonds is 8. The molecule has 30 heavy (non-hydrogen) atoms. The minimum atomic E-state index is -1.72. The van der Waals surface area contributed by atoms with E-state index in [-0.39, 0.29) is 5.92 Å². The van der Waals surface area contributed by atoms with E-state index in [0.29, 0.717) is 29.5 Å². The molecule has 0 radical (unpaired) electrons. The summed E-state index contributed by atoms with van der Waals surface area (Å²) in [6.45, 7) is 1.09. The molecular weight excluding hydrogens is 390 g/mol. The number of carbonyl (C=O) groups excluding carboxylic acids is 1. The largest absolute Gasteiger partial charge is 0.422 e. The zero-order valence-electron chi connectivity index (χ0n) is 16.4. The second kappa shape index (κ2) is 9.36. The van der Waals surface area contributed by atoms with Gasteiger partial charge in [-0.1, -0.05) is 24.3 Å². The van der Waals surface area contributed by atoms with Gasteiger partial charge in [-0.2, -0.15) is 0 Å². The molecule has 160 valence electrons. The van der Waals surface area contributed by atoms with Crippen molar-refractivity contribution in [3.05, 3.63) is 64.1 Å². The van der Waals surface area contributed by atoms with Crippen LogP contribution >= 0.6 is 0 Å². The van der Waals surface area contributed by atoms with Crippen LogP contribution in [0.3, 0.4) is 0 Å². The first-order valence-corrected chi connectivity index (χ1v) is 9.65. The number of fused-ring (bicyclic) bond motifs is 1. The SMILES string of the molecule is Cc1c(C2C=CC=CC2)c(=O)oc2cc(N[C@H](C=O)[C@H](O)[C@@H](O)[C@@H](O)CO)ccc12. The Morgan fingerprint density at radius 2 is 2.00 bits per heavy atom. The van der Waals surface area contributed by atoms with E-state index in [4.69, 9.17) is 9.52 Å². The minimum absolute atomic E-state index is 0.0533. The number of carbonyl (C=O) groups is 1. The highest BCUT2D eigenvalue weighted by Crippen LogP contribution is 2.30. The lowest BCUT2D eigenvalue weighted by atomic mass is 9.89. The Morgan fingerprint density at radius 1 is 1.23 bits per heavy atom. The molecule has 1 heterocycles. The molecule has 1 aliphatic carbocycles. The highest BCUT2D eigenvalue weighted by Gasteiger charge is 2.31. The fourth-order valence-corrected chi connectivity index (χ4v) is 3.62. The second-order valence-corrected chi connectivity index (χ2v) is 7.33. The molecule has 0 spiro atoms. The van der Waals surface area contributed by atoms with Crippen LogP contribution in [0.4, 0.5) is 5.69 Å². The van der Waals surface area contributed by atoms with Gasteiger partial charge in [-0.3, -0.25) is 0 Å². The van der Waals surface area contributed by atoms with Crippen LogP contribution in [-0.4, -0.2) is 57.7 Å². The van der Waals surface area contributed by atoms with E-state index in [2.05, 4.69) is 5.32 Å². The fraction of sp³-hybridized carbons (Fsp3) is 0.364. The number of anilines is 1. The van der Waals surface area contributed by atoms with Gasteiger partial charge in [-0.15, -0.1) is 0 Å². The summed E-state index contributed by atoms with van der Waals surface area (Å²) in [7, 11) is 0. The summed E-state index contributed by atoms with van der Waals surface area (Å²) < 4.78 is 5.52. The van der Waals surface area contributed by atoms with Crippen molar-refractivity contribution in [1.82, 2.24) is 0 Å². The zero-order valence-corrected chi connectivity index (χ0v) is 16.4. The van der Waals surface area contributed by atoms with Crippen LogP contribution < -0.4 is 10.9 Å². The van der Waals surface area contributed by atoms with Crippen LogP contribution in [0.5, 0.6) is 0 Å². The van der Waals surface area contributed by atoms with E-state index < -0.39 is 36.6 Å². The molecule has 8 nitrogen and oxygen atoms in total. The quantitative estimate of drug-likeness (QED) is 0.314. The lowest BCUT2D eigenvalue weighted by Gasteiger charge is -2.27. The third-order valence-corrected chi connectivity index (χ3v) is 5.34. The maximum Gasteiger partial charge on any atom is 0.340 e. The van der Waals surface area contributed by atoms with E-state index in [1.165, 1.54) is 6.07 Å². The monoisotopic (exact) mass is 415 g/mol. The van der Waals surface area contributed by atoms with Gasteiger partial charge in [-0.05, 0) is 31.0 Å². The molecule has 0 fully saturated rings. The second-order valence-electron chi connectivity index (χ2n) is 7.33. The van der Waals surface area contributed by atoms with Crippen molar-refractivity contribution in [2.24, 2.45) is 0 Å². The number of aliphatic hydroxyl groups excluding tert-OH is 4. The topological polar surface area (TPSA) is 140 Å². The average Bonchev–Trinajstić information content (AvgIpc) is 2.76. The highest BCUT2D eigenvalue weighted by molar-refractivity contribution is 5.85. The van der Waals surface area contributed by atoms with Gasteiger partial charge in [0.25, 0.3) is 0 Å². The number of hydrogen-bond donors (Lipinski definition) is 5. The number of aryl methyl sites for hydroxylation is 1. The molecule has 0 saturated carbocycles. The van der Waals surface area contributed by atoms with Crippen molar-refractivity contribution in [2.75, 3.05) is 11.9 Å². The fourth-order valence-electron chi connectivity index (χ4n) is 3.62. The standard InChI is InChI=1S/C22H25NO7/c1-12-15-8-7-14(23-16(10-24)20(27)21(28)17(26)11-25)9-18(15)30-22(29)19(12)13-5-3-2-4-6-13/h2-5,7-10,13,16-17,20-21,23,25-28H,6,11H2,1H3/t13?,16-,17+,20+,21+/m1/s1. The normalized spacial score (nSPS) is 20.0. The van der Waals surface area contributed by atoms with Gasteiger partial charge < -0.3 is 35.0 Å². The first kappa shape index (κ1) is 21.9. The Kier molecular flexibility index (Phi) is 6.84. The Morgan fingerprint density at radius 3 is 2.63 bits per heavy atom. The van der Waals surface area contributed by atoms with Crippen LogP contribution in [0.1, 0.15) is 23.5 Å². The Hall–Kier alpha value is -2.78. The van der Waals surface area contributed by atoms with Crippen molar-refractivity contribution in [1.29, 1.82) is 0 Å². The summed E-state index contributed by atoms with van der Waals surface area (Å²) in [6, 6.07) is 3.68. The van der Waals surface area contributed by atoms with Crippen LogP contribution in [0.2, 0.25) is 0 Å². The first-order valence-electron chi connectivity index (χ1n) is 9.65. The number of aldehydes is 1. The van der Waals surface area contributed by atoms with Crippen LogP contribution in [0.15, 0.2) is 51.7 Å². The molecule has 5 atom stereocenters. The van der Waals surface area contributed by atoms with Crippen molar-refractivity contribution < 1.29 is 29.6 Å². The molecule has 1 aromatic heterocycles. The summed E-state index contributed by atoms with van der Waals surface area (Å²) in [5.74, 6) is -0.0533. The van der Waals surface area contributed by atoms with E-state index in [9.17, 15) is 24.9 Å². The van der Waals surface area contributed by atoms with E-state index in [1.807, 2.05) is 31.2 Å². The summed E-state index contributed by atoms with van der Waals surface area (Å²) in [5, 5.41) is 41.8. The molecule has 5 N–H and O–H groups in total. The summed E-state index contributed by atoms with van der Waals surface area (Å²) in [4.78, 5) is 24.0. The summed E-state index contributed by atoms with van der Waals surface area (Å²) in [5.41, 5.74) is 1.67. The van der Waals surface area contributed by atoms with Gasteiger partial charge in [0.05, 0.1) is 6.61 Å². The molecule has 0 amide bonds. The number of allylic oxidation sites excluding steroid dienone is 4. The van der Waals surface area contributed by atoms with Crippen molar-refractivity contribution in [2.45, 2.75) is 43.6 Å². The summed E-state index contributed by atoms with van der Waals surface area (Å²) in [6.07, 6.45) is 3.91. The Labute approximate surface area is 172 Å². The number of nitrogens with one attached hydrogen (secondary N) is 1. The first-order chi connectivity index (χ1) is 14.4. The van der Waals surface area contributed by atoms with E-state index >= 15 is 0 Å². The number of aliphatic hydroxyl groups is 4. The van der Waals surface area contributed by atoms with Gasteiger partial charge in [-0.25, -0.2) is 4.79 Å². The molecule has 0 aliphatic heterocycles. The zero-order chi connectivity index (χ0) is 21.8. The molecule has 3 rings (SSSR count). The van der Waals surface area contributed by atoms with E-state index in [0.717, 1.165) is 10.9 Å². The molecule has 8 heteroatoms. The van der Waals surface area contributed by atoms with Gasteiger partial charge in [0.15, 0.2) is 0 Å². The highest BCUT2D eigenvalue weighted by atomic mass is 16.4. The molecule has 1 aliphatic rings. The maximum atomic E-state index is 12.6. The minimum Gasteiger partial charge on any atom is -0.422 e. The van der Waals surface area contributed by atoms with Crippen molar-refractivity contribution in [3.8, 4) is 0 Å². The molecule has 2 aromatic rings. The van der Waals surface area contributed by atoms with Gasteiger partial charge in [0.1, 0.15) is 36.2 Å². The lowest BCUT2D eigenvalue weighted by molar-refractivity contribution is -0.117. The maximum absolute atomic E-state index is 12.6. The molecule has 1 unspecified atom stereocenters. The number of hydrogen-bond acceptors (Lipinski definition) is 8. The van der Waals surface area contributed by atoms with Gasteiger partial charge >= 0.3 is 5.63 Å². The molecule has 0 saturated heterocycles. The third kappa shape index (κ3) is 4.36. The van der Waals surface area contributed by atoms with Crippen LogP contribution in [-0.2, 0) is 4.79 Å². The molecular formula is C22H25NO7. The average molecular weight is 415 g/mol. The number of benzene rings is 1. The predicted molar refractivity (Wildman–Crippen MR) is 111 cm³/mol. The lowest BCUT2D eigenvalue weighted by Crippen LogP contribution is -2.49. The van der Waals surface area contributed by atoms with Gasteiger partial charge in [0, 0.05) is 28.6 Å².